The Balaban J connectivity index is 3.01. The molecule has 1 rings (SSSR count). The Morgan fingerprint density at radius 2 is 2.08 bits per heavy atom. The minimum absolute atomic E-state index is 0.166. The average molecular weight is 167 g/mol. The monoisotopic (exact) mass is 167 g/mol. The summed E-state index contributed by atoms with van der Waals surface area (Å²) in [6.45, 7) is 0. The van der Waals surface area contributed by atoms with E-state index < -0.39 is 11.6 Å². The van der Waals surface area contributed by atoms with Crippen LogP contribution in [0.4, 0.5) is 8.78 Å². The molecule has 3 heteroatoms. The van der Waals surface area contributed by atoms with E-state index in [4.69, 9.17) is 0 Å². The van der Waals surface area contributed by atoms with Crippen LogP contribution in [0.3, 0.4) is 0 Å². The van der Waals surface area contributed by atoms with Crippen LogP contribution >= 0.6 is 0 Å². The second kappa shape index (κ2) is 3.76. The maximum atomic E-state index is 12.8. The number of allylic oxidation sites excluding steroid dienone is 1. The summed E-state index contributed by atoms with van der Waals surface area (Å²) in [5.41, 5.74) is 0.166. The first-order chi connectivity index (χ1) is 5.74. The molecule has 0 spiro atoms. The maximum absolute atomic E-state index is 12.8. The predicted octanol–water partition coefficient (Wildman–Crippen LogP) is 2.09. The Morgan fingerprint density at radius 1 is 1.33 bits per heavy atom. The lowest BCUT2D eigenvalue weighted by molar-refractivity contribution is 0.564. The lowest BCUT2D eigenvalue weighted by Gasteiger charge is -1.94. The van der Waals surface area contributed by atoms with E-state index in [0.717, 1.165) is 18.2 Å². The molecule has 0 atom stereocenters. The van der Waals surface area contributed by atoms with Gasteiger partial charge in [-0.15, -0.1) is 0 Å². The number of carbonyl (C=O) groups excluding carboxylic acids is 1. The lowest BCUT2D eigenvalue weighted by atomic mass is 10.2. The van der Waals surface area contributed by atoms with Crippen molar-refractivity contribution in [3.8, 4) is 0 Å². The van der Waals surface area contributed by atoms with E-state index in [-0.39, 0.29) is 5.56 Å². The summed E-state index contributed by atoms with van der Waals surface area (Å²) < 4.78 is 25.1. The van der Waals surface area contributed by atoms with E-state index in [1.165, 1.54) is 18.4 Å². The van der Waals surface area contributed by atoms with Crippen LogP contribution in [0, 0.1) is 11.6 Å². The van der Waals surface area contributed by atoms with Crippen molar-refractivity contribution in [2.75, 3.05) is 0 Å². The van der Waals surface area contributed by atoms with Crippen molar-refractivity contribution < 1.29 is 13.6 Å². The van der Waals surface area contributed by atoms with Gasteiger partial charge in [0.25, 0.3) is 0 Å². The standard InChI is InChI=1S/C9H5F2O/c10-8-4-3-7(2-1-5-12)9(11)6-8/h1-4,6H/b2-1+. The van der Waals surface area contributed by atoms with Crippen molar-refractivity contribution in [1.82, 2.24) is 0 Å². The summed E-state index contributed by atoms with van der Waals surface area (Å²) in [4.78, 5) is 9.75. The minimum atomic E-state index is -0.693. The fourth-order valence-electron chi connectivity index (χ4n) is 0.760. The second-order valence-electron chi connectivity index (χ2n) is 2.12. The van der Waals surface area contributed by atoms with E-state index in [1.807, 2.05) is 0 Å². The highest BCUT2D eigenvalue weighted by molar-refractivity contribution is 5.74. The van der Waals surface area contributed by atoms with Gasteiger partial charge in [-0.2, -0.15) is 0 Å². The van der Waals surface area contributed by atoms with Gasteiger partial charge in [0.05, 0.1) is 0 Å². The molecule has 0 saturated carbocycles. The van der Waals surface area contributed by atoms with Crippen LogP contribution in [0.25, 0.3) is 6.08 Å². The lowest BCUT2D eigenvalue weighted by Crippen LogP contribution is -1.83. The molecule has 0 amide bonds. The molecule has 0 aliphatic carbocycles. The highest BCUT2D eigenvalue weighted by Gasteiger charge is 1.98. The van der Waals surface area contributed by atoms with Gasteiger partial charge in [-0.1, -0.05) is 0 Å². The molecule has 0 aliphatic heterocycles. The zero-order chi connectivity index (χ0) is 8.97. The van der Waals surface area contributed by atoms with Gasteiger partial charge in [-0.05, 0) is 24.3 Å². The van der Waals surface area contributed by atoms with Crippen molar-refractivity contribution in [1.29, 1.82) is 0 Å². The molecule has 0 aromatic heterocycles. The largest absolute Gasteiger partial charge is 0.286 e. The number of benzene rings is 1. The average Bonchev–Trinajstić information content (AvgIpc) is 2.03. The van der Waals surface area contributed by atoms with E-state index in [9.17, 15) is 13.6 Å². The highest BCUT2D eigenvalue weighted by Crippen LogP contribution is 2.10. The molecule has 1 radical (unpaired) electrons. The van der Waals surface area contributed by atoms with Gasteiger partial charge in [-0.25, -0.2) is 8.78 Å². The van der Waals surface area contributed by atoms with Crippen molar-refractivity contribution in [2.24, 2.45) is 0 Å². The third-order valence-corrected chi connectivity index (χ3v) is 1.29. The van der Waals surface area contributed by atoms with Crippen LogP contribution in [-0.4, -0.2) is 6.29 Å². The molecule has 0 fully saturated rings. The first-order valence-corrected chi connectivity index (χ1v) is 3.23. The van der Waals surface area contributed by atoms with Crippen molar-refractivity contribution in [3.63, 3.8) is 0 Å². The number of rotatable bonds is 2. The van der Waals surface area contributed by atoms with Gasteiger partial charge in [0, 0.05) is 11.6 Å². The number of halogens is 2. The summed E-state index contributed by atoms with van der Waals surface area (Å²) in [5.74, 6) is -1.33. The Bertz CT molecular complexity index is 318. The van der Waals surface area contributed by atoms with Gasteiger partial charge in [0.1, 0.15) is 11.6 Å². The van der Waals surface area contributed by atoms with Crippen molar-refractivity contribution in [3.05, 3.63) is 41.5 Å². The van der Waals surface area contributed by atoms with Gasteiger partial charge in [0.2, 0.25) is 6.29 Å². The molecule has 1 aromatic rings. The fourth-order valence-corrected chi connectivity index (χ4v) is 0.760. The SMILES string of the molecule is O=[C]/C=C/c1ccc(F)cc1F. The predicted molar refractivity (Wildman–Crippen MR) is 41.1 cm³/mol. The smallest absolute Gasteiger partial charge is 0.225 e. The normalized spacial score (nSPS) is 10.5. The third kappa shape index (κ3) is 1.99. The zero-order valence-corrected chi connectivity index (χ0v) is 6.05. The number of hydrogen-bond acceptors (Lipinski definition) is 1. The van der Waals surface area contributed by atoms with Gasteiger partial charge in [-0.3, -0.25) is 4.79 Å². The molecule has 0 bridgehead atoms. The second-order valence-corrected chi connectivity index (χ2v) is 2.12. The molecule has 1 nitrogen and oxygen atoms in total. The molecule has 0 aliphatic rings. The van der Waals surface area contributed by atoms with Crippen molar-refractivity contribution in [2.45, 2.75) is 0 Å². The summed E-state index contributed by atoms with van der Waals surface area (Å²) in [7, 11) is 0. The first-order valence-electron chi connectivity index (χ1n) is 3.23. The molecule has 0 saturated heterocycles. The Labute approximate surface area is 68.3 Å². The van der Waals surface area contributed by atoms with Gasteiger partial charge < -0.3 is 0 Å². The van der Waals surface area contributed by atoms with Crippen LogP contribution < -0.4 is 0 Å². The quantitative estimate of drug-likeness (QED) is 0.616. The topological polar surface area (TPSA) is 17.1 Å². The van der Waals surface area contributed by atoms with Crippen molar-refractivity contribution >= 4 is 12.4 Å². The van der Waals surface area contributed by atoms with Crippen LogP contribution in [0.5, 0.6) is 0 Å². The first kappa shape index (κ1) is 8.59. The van der Waals surface area contributed by atoms with E-state index in [1.54, 1.807) is 0 Å². The van der Waals surface area contributed by atoms with Gasteiger partial charge >= 0.3 is 0 Å². The zero-order valence-electron chi connectivity index (χ0n) is 6.05. The van der Waals surface area contributed by atoms with Gasteiger partial charge in [0.15, 0.2) is 0 Å². The Hall–Kier alpha value is -1.51. The third-order valence-electron chi connectivity index (χ3n) is 1.29. The Kier molecular flexibility index (Phi) is 2.69. The maximum Gasteiger partial charge on any atom is 0.225 e. The Morgan fingerprint density at radius 3 is 2.67 bits per heavy atom. The molecule has 61 valence electrons. The van der Waals surface area contributed by atoms with E-state index in [2.05, 4.69) is 0 Å². The molecule has 1 aromatic carbocycles. The highest BCUT2D eigenvalue weighted by atomic mass is 19.1. The molecule has 0 N–H and O–H groups in total. The molecule has 0 unspecified atom stereocenters. The molecule has 12 heavy (non-hydrogen) atoms. The van der Waals surface area contributed by atoms with E-state index >= 15 is 0 Å². The fraction of sp³-hybridized carbons (Fsp3) is 0. The minimum Gasteiger partial charge on any atom is -0.286 e. The van der Waals surface area contributed by atoms with Crippen LogP contribution in [0.2, 0.25) is 0 Å². The van der Waals surface area contributed by atoms with E-state index in [0.29, 0.717) is 0 Å². The summed E-state index contributed by atoms with van der Waals surface area (Å²) in [6.07, 6.45) is 3.72. The molecule has 0 heterocycles. The van der Waals surface area contributed by atoms with Crippen LogP contribution in [-0.2, 0) is 4.79 Å². The molecular formula is C9H5F2O. The number of hydrogen-bond donors (Lipinski definition) is 0. The summed E-state index contributed by atoms with van der Waals surface area (Å²) in [5, 5.41) is 0. The summed E-state index contributed by atoms with van der Waals surface area (Å²) in [6, 6.07) is 3.12. The molecular weight excluding hydrogens is 162 g/mol. The van der Waals surface area contributed by atoms with Crippen LogP contribution in [0.1, 0.15) is 5.56 Å². The van der Waals surface area contributed by atoms with Crippen LogP contribution in [0.15, 0.2) is 24.3 Å². The summed E-state index contributed by atoms with van der Waals surface area (Å²) >= 11 is 0.